The Labute approximate surface area is 120 Å². The van der Waals surface area contributed by atoms with Gasteiger partial charge in [0.1, 0.15) is 11.5 Å². The van der Waals surface area contributed by atoms with Gasteiger partial charge in [-0.1, -0.05) is 23.3 Å². The smallest absolute Gasteiger partial charge is 0.153 e. The largest absolute Gasteiger partial charge is 0.508 e. The molecular formula is C17H22O3. The van der Waals surface area contributed by atoms with E-state index in [9.17, 15) is 15.0 Å². The third kappa shape index (κ3) is 4.57. The Morgan fingerprint density at radius 1 is 1.15 bits per heavy atom. The molecule has 0 fully saturated rings. The molecule has 0 aromatic heterocycles. The van der Waals surface area contributed by atoms with Crippen molar-refractivity contribution in [3.63, 3.8) is 0 Å². The van der Waals surface area contributed by atoms with Crippen molar-refractivity contribution in [3.05, 3.63) is 46.6 Å². The number of phenols is 2. The molecule has 0 saturated heterocycles. The molecule has 0 spiro atoms. The summed E-state index contributed by atoms with van der Waals surface area (Å²) in [6, 6.07) is 2.84. The lowest BCUT2D eigenvalue weighted by atomic mass is 10.0. The lowest BCUT2D eigenvalue weighted by Crippen LogP contribution is -1.90. The van der Waals surface area contributed by atoms with Crippen LogP contribution in [-0.2, 0) is 6.42 Å². The molecule has 0 bridgehead atoms. The summed E-state index contributed by atoms with van der Waals surface area (Å²) in [6.07, 6.45) is 7.09. The van der Waals surface area contributed by atoms with E-state index in [0.717, 1.165) is 12.8 Å². The molecule has 3 nitrogen and oxygen atoms in total. The molecule has 0 unspecified atom stereocenters. The van der Waals surface area contributed by atoms with Gasteiger partial charge < -0.3 is 10.2 Å². The van der Waals surface area contributed by atoms with Crippen LogP contribution in [-0.4, -0.2) is 16.5 Å². The average molecular weight is 274 g/mol. The van der Waals surface area contributed by atoms with Crippen molar-refractivity contribution in [2.75, 3.05) is 0 Å². The average Bonchev–Trinajstić information content (AvgIpc) is 2.38. The Bertz CT molecular complexity index is 535. The van der Waals surface area contributed by atoms with Crippen LogP contribution in [0.5, 0.6) is 11.5 Å². The van der Waals surface area contributed by atoms with Gasteiger partial charge in [0.2, 0.25) is 0 Å². The molecule has 2 N–H and O–H groups in total. The number of benzene rings is 1. The molecule has 20 heavy (non-hydrogen) atoms. The lowest BCUT2D eigenvalue weighted by molar-refractivity contribution is 0.112. The third-order valence-corrected chi connectivity index (χ3v) is 3.16. The molecule has 0 aliphatic heterocycles. The Morgan fingerprint density at radius 3 is 2.45 bits per heavy atom. The number of hydrogen-bond donors (Lipinski definition) is 2. The summed E-state index contributed by atoms with van der Waals surface area (Å²) in [5, 5.41) is 19.7. The fraction of sp³-hybridized carbons (Fsp3) is 0.353. The van der Waals surface area contributed by atoms with E-state index in [-0.39, 0.29) is 17.1 Å². The number of phenolic OH excluding ortho intramolecular Hbond substituents is 2. The highest BCUT2D eigenvalue weighted by Crippen LogP contribution is 2.30. The van der Waals surface area contributed by atoms with Gasteiger partial charge >= 0.3 is 0 Å². The number of aldehydes is 1. The Kier molecular flexibility index (Phi) is 6.04. The first kappa shape index (κ1) is 16.0. The maximum atomic E-state index is 10.8. The molecule has 1 rings (SSSR count). The summed E-state index contributed by atoms with van der Waals surface area (Å²) < 4.78 is 0. The molecule has 108 valence electrons. The molecule has 3 heteroatoms. The second kappa shape index (κ2) is 7.53. The van der Waals surface area contributed by atoms with Gasteiger partial charge in [0.25, 0.3) is 0 Å². The van der Waals surface area contributed by atoms with Gasteiger partial charge in [0, 0.05) is 5.56 Å². The van der Waals surface area contributed by atoms with Crippen LogP contribution in [0.2, 0.25) is 0 Å². The minimum absolute atomic E-state index is 0.0152. The molecule has 0 aliphatic rings. The topological polar surface area (TPSA) is 57.5 Å². The highest BCUT2D eigenvalue weighted by Gasteiger charge is 2.10. The molecular weight excluding hydrogens is 252 g/mol. The van der Waals surface area contributed by atoms with Crippen LogP contribution in [0.1, 0.15) is 49.5 Å². The predicted molar refractivity (Wildman–Crippen MR) is 81.3 cm³/mol. The summed E-state index contributed by atoms with van der Waals surface area (Å²) in [7, 11) is 0. The third-order valence-electron chi connectivity index (χ3n) is 3.16. The van der Waals surface area contributed by atoms with Gasteiger partial charge in [-0.25, -0.2) is 0 Å². The SMILES string of the molecule is CC(C)=CCC/C(C)=C/Cc1c(O)ccc(C=O)c1O. The molecule has 0 aliphatic carbocycles. The number of rotatable bonds is 6. The van der Waals surface area contributed by atoms with E-state index in [1.165, 1.54) is 23.3 Å². The fourth-order valence-corrected chi connectivity index (χ4v) is 1.91. The zero-order chi connectivity index (χ0) is 15.1. The maximum Gasteiger partial charge on any atom is 0.153 e. The number of allylic oxidation sites excluding steroid dienone is 4. The molecule has 1 aromatic rings. The number of aromatic hydroxyl groups is 2. The molecule has 0 amide bonds. The van der Waals surface area contributed by atoms with Gasteiger partial charge in [-0.2, -0.15) is 0 Å². The first-order chi connectivity index (χ1) is 9.45. The molecule has 0 radical (unpaired) electrons. The zero-order valence-corrected chi connectivity index (χ0v) is 12.3. The monoisotopic (exact) mass is 274 g/mol. The van der Waals surface area contributed by atoms with Gasteiger partial charge in [0.15, 0.2) is 6.29 Å². The second-order valence-electron chi connectivity index (χ2n) is 5.19. The predicted octanol–water partition coefficient (Wildman–Crippen LogP) is 4.15. The van der Waals surface area contributed by atoms with Crippen LogP contribution in [0.15, 0.2) is 35.4 Å². The van der Waals surface area contributed by atoms with E-state index >= 15 is 0 Å². The van der Waals surface area contributed by atoms with E-state index in [0.29, 0.717) is 18.3 Å². The summed E-state index contributed by atoms with van der Waals surface area (Å²) >= 11 is 0. The standard InChI is InChI=1S/C17H22O3/c1-12(2)5-4-6-13(3)7-9-15-16(19)10-8-14(11-18)17(15)20/h5,7-8,10-11,19-20H,4,6,9H2,1-3H3/b13-7+. The highest BCUT2D eigenvalue weighted by molar-refractivity contribution is 5.80. The Morgan fingerprint density at radius 2 is 1.85 bits per heavy atom. The van der Waals surface area contributed by atoms with Crippen molar-refractivity contribution < 1.29 is 15.0 Å². The second-order valence-corrected chi connectivity index (χ2v) is 5.19. The summed E-state index contributed by atoms with van der Waals surface area (Å²) in [4.78, 5) is 10.8. The first-order valence-electron chi connectivity index (χ1n) is 6.73. The van der Waals surface area contributed by atoms with Crippen molar-refractivity contribution in [2.45, 2.75) is 40.0 Å². The summed E-state index contributed by atoms with van der Waals surface area (Å²) in [5.74, 6) is -0.116. The lowest BCUT2D eigenvalue weighted by Gasteiger charge is -2.07. The Hall–Kier alpha value is -2.03. The van der Waals surface area contributed by atoms with Crippen LogP contribution >= 0.6 is 0 Å². The number of carbonyl (C=O) groups excluding carboxylic acids is 1. The van der Waals surface area contributed by atoms with Gasteiger partial charge in [-0.15, -0.1) is 0 Å². The minimum Gasteiger partial charge on any atom is -0.508 e. The fourth-order valence-electron chi connectivity index (χ4n) is 1.91. The van der Waals surface area contributed by atoms with E-state index in [4.69, 9.17) is 0 Å². The van der Waals surface area contributed by atoms with Crippen molar-refractivity contribution in [1.82, 2.24) is 0 Å². The maximum absolute atomic E-state index is 10.8. The normalized spacial score (nSPS) is 11.2. The first-order valence-corrected chi connectivity index (χ1v) is 6.73. The van der Waals surface area contributed by atoms with Gasteiger partial charge in [-0.3, -0.25) is 4.79 Å². The highest BCUT2D eigenvalue weighted by atomic mass is 16.3. The van der Waals surface area contributed by atoms with E-state index in [1.54, 1.807) is 0 Å². The summed E-state index contributed by atoms with van der Waals surface area (Å²) in [6.45, 7) is 6.16. The molecule has 1 aromatic carbocycles. The van der Waals surface area contributed by atoms with Crippen molar-refractivity contribution in [2.24, 2.45) is 0 Å². The molecule has 0 atom stereocenters. The van der Waals surface area contributed by atoms with Crippen LogP contribution in [0.4, 0.5) is 0 Å². The van der Waals surface area contributed by atoms with E-state index in [1.807, 2.05) is 13.0 Å². The van der Waals surface area contributed by atoms with Crippen LogP contribution in [0, 0.1) is 0 Å². The van der Waals surface area contributed by atoms with Crippen molar-refractivity contribution in [3.8, 4) is 11.5 Å². The Balaban J connectivity index is 2.78. The number of hydrogen-bond acceptors (Lipinski definition) is 3. The number of carbonyl (C=O) groups is 1. The van der Waals surface area contributed by atoms with Crippen molar-refractivity contribution >= 4 is 6.29 Å². The quantitative estimate of drug-likeness (QED) is 0.605. The van der Waals surface area contributed by atoms with Gasteiger partial charge in [-0.05, 0) is 52.2 Å². The van der Waals surface area contributed by atoms with Gasteiger partial charge in [0.05, 0.1) is 5.56 Å². The molecule has 0 heterocycles. The van der Waals surface area contributed by atoms with Crippen LogP contribution in [0.25, 0.3) is 0 Å². The van der Waals surface area contributed by atoms with E-state index in [2.05, 4.69) is 19.9 Å². The summed E-state index contributed by atoms with van der Waals surface area (Å²) in [5.41, 5.74) is 3.09. The minimum atomic E-state index is -0.131. The van der Waals surface area contributed by atoms with Crippen molar-refractivity contribution in [1.29, 1.82) is 0 Å². The van der Waals surface area contributed by atoms with Crippen LogP contribution in [0.3, 0.4) is 0 Å². The molecule has 0 saturated carbocycles. The zero-order valence-electron chi connectivity index (χ0n) is 12.3. The van der Waals surface area contributed by atoms with E-state index < -0.39 is 0 Å². The van der Waals surface area contributed by atoms with Crippen LogP contribution < -0.4 is 0 Å².